The molecule has 0 spiro atoms. The SMILES string of the molecule is C=C1NC(C)=Nc2cc3c(cc21)N=C(N1CCCCC1)C(C)(C)C3. The van der Waals surface area contributed by atoms with Crippen LogP contribution in [0.2, 0.25) is 0 Å². The maximum atomic E-state index is 5.11. The number of amidine groups is 2. The zero-order valence-electron chi connectivity index (χ0n) is 14.9. The highest BCUT2D eigenvalue weighted by Gasteiger charge is 2.35. The molecule has 1 aromatic carbocycles. The van der Waals surface area contributed by atoms with Crippen molar-refractivity contribution in [1.82, 2.24) is 10.2 Å². The molecule has 4 heteroatoms. The Morgan fingerprint density at radius 2 is 1.83 bits per heavy atom. The Kier molecular flexibility index (Phi) is 3.52. The molecule has 1 fully saturated rings. The second-order valence-electron chi connectivity index (χ2n) is 7.84. The van der Waals surface area contributed by atoms with Crippen LogP contribution < -0.4 is 5.32 Å². The third-order valence-electron chi connectivity index (χ3n) is 5.26. The molecule has 0 unspecified atom stereocenters. The van der Waals surface area contributed by atoms with E-state index < -0.39 is 0 Å². The molecule has 0 aliphatic carbocycles. The van der Waals surface area contributed by atoms with Crippen LogP contribution in [0.5, 0.6) is 0 Å². The van der Waals surface area contributed by atoms with Crippen molar-refractivity contribution in [1.29, 1.82) is 0 Å². The van der Waals surface area contributed by atoms with Gasteiger partial charge in [-0.05, 0) is 50.3 Å². The van der Waals surface area contributed by atoms with Crippen molar-refractivity contribution in [2.24, 2.45) is 15.4 Å². The highest BCUT2D eigenvalue weighted by molar-refractivity contribution is 5.98. The van der Waals surface area contributed by atoms with Crippen molar-refractivity contribution >= 4 is 28.7 Å². The lowest BCUT2D eigenvalue weighted by Crippen LogP contribution is -2.45. The van der Waals surface area contributed by atoms with Crippen molar-refractivity contribution in [2.75, 3.05) is 13.1 Å². The molecule has 4 nitrogen and oxygen atoms in total. The number of nitrogens with zero attached hydrogens (tertiary/aromatic N) is 3. The maximum Gasteiger partial charge on any atom is 0.111 e. The van der Waals surface area contributed by atoms with Crippen LogP contribution in [-0.2, 0) is 6.42 Å². The third-order valence-corrected chi connectivity index (χ3v) is 5.26. The molecule has 1 N–H and O–H groups in total. The Balaban J connectivity index is 1.80. The van der Waals surface area contributed by atoms with E-state index in [1.807, 2.05) is 6.92 Å². The van der Waals surface area contributed by atoms with Gasteiger partial charge < -0.3 is 10.2 Å². The lowest BCUT2D eigenvalue weighted by Gasteiger charge is -2.40. The van der Waals surface area contributed by atoms with E-state index in [9.17, 15) is 0 Å². The van der Waals surface area contributed by atoms with Crippen molar-refractivity contribution in [3.63, 3.8) is 0 Å². The Hall–Kier alpha value is -2.10. The summed E-state index contributed by atoms with van der Waals surface area (Å²) in [6.45, 7) is 13.0. The zero-order valence-corrected chi connectivity index (χ0v) is 14.9. The molecule has 0 atom stereocenters. The molecule has 0 aromatic heterocycles. The second-order valence-corrected chi connectivity index (χ2v) is 7.84. The smallest absolute Gasteiger partial charge is 0.111 e. The van der Waals surface area contributed by atoms with E-state index in [0.29, 0.717) is 0 Å². The first-order valence-electron chi connectivity index (χ1n) is 8.97. The Morgan fingerprint density at radius 3 is 2.58 bits per heavy atom. The summed E-state index contributed by atoms with van der Waals surface area (Å²) in [5.74, 6) is 2.16. The predicted molar refractivity (Wildman–Crippen MR) is 101 cm³/mol. The monoisotopic (exact) mass is 322 g/mol. The first-order valence-corrected chi connectivity index (χ1v) is 8.97. The molecular weight excluding hydrogens is 296 g/mol. The third kappa shape index (κ3) is 2.54. The van der Waals surface area contributed by atoms with E-state index in [0.717, 1.165) is 48.0 Å². The maximum absolute atomic E-state index is 5.11. The number of rotatable bonds is 0. The minimum absolute atomic E-state index is 0.0707. The highest BCUT2D eigenvalue weighted by Crippen LogP contribution is 2.42. The van der Waals surface area contributed by atoms with Gasteiger partial charge in [-0.3, -0.25) is 0 Å². The minimum atomic E-state index is 0.0707. The average Bonchev–Trinajstić information content (AvgIpc) is 2.53. The van der Waals surface area contributed by atoms with Gasteiger partial charge in [0.2, 0.25) is 0 Å². The van der Waals surface area contributed by atoms with E-state index in [4.69, 9.17) is 4.99 Å². The first-order chi connectivity index (χ1) is 11.4. The fourth-order valence-corrected chi connectivity index (χ4v) is 4.12. The van der Waals surface area contributed by atoms with Gasteiger partial charge in [0.15, 0.2) is 0 Å². The largest absolute Gasteiger partial charge is 0.360 e. The topological polar surface area (TPSA) is 40.0 Å². The van der Waals surface area contributed by atoms with Gasteiger partial charge in [-0.2, -0.15) is 0 Å². The van der Waals surface area contributed by atoms with E-state index in [2.05, 4.69) is 47.8 Å². The summed E-state index contributed by atoms with van der Waals surface area (Å²) in [4.78, 5) is 12.3. The Labute approximate surface area is 144 Å². The summed E-state index contributed by atoms with van der Waals surface area (Å²) in [6, 6.07) is 4.37. The van der Waals surface area contributed by atoms with E-state index in [1.54, 1.807) is 0 Å². The van der Waals surface area contributed by atoms with Gasteiger partial charge in [0, 0.05) is 29.8 Å². The van der Waals surface area contributed by atoms with Crippen molar-refractivity contribution < 1.29 is 0 Å². The number of nitrogens with one attached hydrogen (secondary N) is 1. The summed E-state index contributed by atoms with van der Waals surface area (Å²) in [5, 5.41) is 3.23. The van der Waals surface area contributed by atoms with E-state index in [-0.39, 0.29) is 5.41 Å². The van der Waals surface area contributed by atoms with Crippen LogP contribution in [0, 0.1) is 5.41 Å². The summed E-state index contributed by atoms with van der Waals surface area (Å²) in [7, 11) is 0. The molecule has 1 saturated heterocycles. The molecule has 0 amide bonds. The van der Waals surface area contributed by atoms with Crippen LogP contribution in [0.15, 0.2) is 28.7 Å². The van der Waals surface area contributed by atoms with Gasteiger partial charge in [0.1, 0.15) is 11.7 Å². The minimum Gasteiger partial charge on any atom is -0.360 e. The summed E-state index contributed by atoms with van der Waals surface area (Å²) in [5.41, 5.74) is 5.46. The molecular formula is C20H26N4. The lowest BCUT2D eigenvalue weighted by atomic mass is 9.80. The fourth-order valence-electron chi connectivity index (χ4n) is 4.12. The number of hydrogen-bond acceptors (Lipinski definition) is 4. The molecule has 0 radical (unpaired) electrons. The number of fused-ring (bicyclic) bond motifs is 2. The zero-order chi connectivity index (χ0) is 16.9. The fraction of sp³-hybridized carbons (Fsp3) is 0.500. The summed E-state index contributed by atoms with van der Waals surface area (Å²) in [6.07, 6.45) is 4.91. The molecule has 24 heavy (non-hydrogen) atoms. The van der Waals surface area contributed by atoms with Gasteiger partial charge in [-0.25, -0.2) is 9.98 Å². The molecule has 1 aromatic rings. The molecule has 0 bridgehead atoms. The van der Waals surface area contributed by atoms with Crippen LogP contribution in [0.4, 0.5) is 11.4 Å². The highest BCUT2D eigenvalue weighted by atomic mass is 15.2. The van der Waals surface area contributed by atoms with Crippen molar-refractivity contribution in [2.45, 2.75) is 46.5 Å². The number of likely N-dealkylation sites (tertiary alicyclic amines) is 1. The summed E-state index contributed by atoms with van der Waals surface area (Å²) >= 11 is 0. The molecule has 3 heterocycles. The van der Waals surface area contributed by atoms with Crippen LogP contribution in [0.1, 0.15) is 51.2 Å². The first kappa shape index (κ1) is 15.4. The quantitative estimate of drug-likeness (QED) is 0.768. The van der Waals surface area contributed by atoms with Gasteiger partial charge in [0.25, 0.3) is 0 Å². The standard InChI is InChI=1S/C20H26N4/c1-13-16-11-17-15(10-18(16)22-14(2)21-13)12-20(3,4)19(23-17)24-8-6-5-7-9-24/h10-11H,1,5-9,12H2,2-4H3,(H,21,22). The van der Waals surface area contributed by atoms with Crippen LogP contribution in [0.25, 0.3) is 5.70 Å². The summed E-state index contributed by atoms with van der Waals surface area (Å²) < 4.78 is 0. The van der Waals surface area contributed by atoms with Crippen LogP contribution >= 0.6 is 0 Å². The van der Waals surface area contributed by atoms with E-state index in [1.165, 1.54) is 30.7 Å². The molecule has 0 saturated carbocycles. The Morgan fingerprint density at radius 1 is 1.08 bits per heavy atom. The van der Waals surface area contributed by atoms with Crippen LogP contribution in [0.3, 0.4) is 0 Å². The molecule has 3 aliphatic rings. The van der Waals surface area contributed by atoms with Gasteiger partial charge in [-0.1, -0.05) is 20.4 Å². The number of hydrogen-bond donors (Lipinski definition) is 1. The van der Waals surface area contributed by atoms with Gasteiger partial charge >= 0.3 is 0 Å². The lowest BCUT2D eigenvalue weighted by molar-refractivity contribution is 0.303. The van der Waals surface area contributed by atoms with Crippen molar-refractivity contribution in [3.05, 3.63) is 29.8 Å². The predicted octanol–water partition coefficient (Wildman–Crippen LogP) is 4.41. The normalized spacial score (nSPS) is 22.1. The number of piperidine rings is 1. The Bertz CT molecular complexity index is 764. The second kappa shape index (κ2) is 5.47. The van der Waals surface area contributed by atoms with E-state index >= 15 is 0 Å². The number of benzene rings is 1. The molecule has 4 rings (SSSR count). The van der Waals surface area contributed by atoms with Gasteiger partial charge in [-0.15, -0.1) is 0 Å². The van der Waals surface area contributed by atoms with Crippen LogP contribution in [-0.4, -0.2) is 29.7 Å². The van der Waals surface area contributed by atoms with Gasteiger partial charge in [0.05, 0.1) is 11.4 Å². The van der Waals surface area contributed by atoms with Crippen molar-refractivity contribution in [3.8, 4) is 0 Å². The average molecular weight is 322 g/mol. The molecule has 126 valence electrons. The molecule has 3 aliphatic heterocycles. The number of aliphatic imine (C=N–C) groups is 2.